The minimum absolute atomic E-state index is 0.0227. The number of fused-ring (bicyclic) bond motifs is 2. The molecule has 11 heteroatoms. The van der Waals surface area contributed by atoms with Gasteiger partial charge in [-0.3, -0.25) is 0 Å². The van der Waals surface area contributed by atoms with Crippen LogP contribution in [0.4, 0.5) is 16.0 Å². The van der Waals surface area contributed by atoms with Crippen molar-refractivity contribution in [1.29, 1.82) is 0 Å². The largest absolute Gasteiger partial charge is 0.480 e. The molecule has 1 saturated carbocycles. The zero-order valence-electron chi connectivity index (χ0n) is 22.7. The summed E-state index contributed by atoms with van der Waals surface area (Å²) in [5.74, 6) is 0.294. The first-order valence-corrected chi connectivity index (χ1v) is 10.8. The van der Waals surface area contributed by atoms with Crippen LogP contribution >= 0.6 is 11.6 Å². The van der Waals surface area contributed by atoms with Gasteiger partial charge in [0.15, 0.2) is 0 Å². The molecule has 174 valence electrons. The summed E-state index contributed by atoms with van der Waals surface area (Å²) in [6, 6.07) is 4.95. The van der Waals surface area contributed by atoms with Crippen LogP contribution in [0.5, 0.6) is 17.6 Å². The second-order valence-electron chi connectivity index (χ2n) is 8.05. The van der Waals surface area contributed by atoms with Crippen molar-refractivity contribution in [3.8, 4) is 17.6 Å². The van der Waals surface area contributed by atoms with Crippen LogP contribution in [0.1, 0.15) is 26.5 Å². The predicted octanol–water partition coefficient (Wildman–Crippen LogP) is 4.01. The van der Waals surface area contributed by atoms with E-state index in [2.05, 4.69) is 30.5 Å². The Hall–Kier alpha value is -3.14. The lowest BCUT2D eigenvalue weighted by atomic mass is 9.92. The highest BCUT2D eigenvalue weighted by Gasteiger charge is 2.42. The van der Waals surface area contributed by atoms with E-state index in [1.165, 1.54) is 19.2 Å². The number of hydrogen-bond donors (Lipinski definition) is 1. The summed E-state index contributed by atoms with van der Waals surface area (Å²) in [4.78, 5) is 6.50. The Morgan fingerprint density at radius 2 is 2.12 bits per heavy atom. The number of aryl methyl sites for hydroxylation is 1. The zero-order chi connectivity index (χ0) is 27.2. The standard InChI is InChI=1S/C22H25ClFN7O2/c1-3-31-22(33-16-6-7-18(24)17(23)9-16)27-21(29-31)26-20-13-4-5-14(20)12-30(11-13)15-8-19(32-2)28-25-10-15/h6-10,13-14,20H,3-5,11-12H2,1-2H3,(H,26,29)/t13-,14+,20+/i1D3,3D2. The van der Waals surface area contributed by atoms with Crippen molar-refractivity contribution in [3.63, 3.8) is 0 Å². The van der Waals surface area contributed by atoms with Crippen molar-refractivity contribution in [2.75, 3.05) is 30.4 Å². The number of rotatable bonds is 7. The average molecular weight is 479 g/mol. The fraction of sp³-hybridized carbons (Fsp3) is 0.455. The molecule has 33 heavy (non-hydrogen) atoms. The number of methoxy groups -OCH3 is 1. The molecule has 2 aromatic heterocycles. The second kappa shape index (κ2) is 9.01. The fourth-order valence-corrected chi connectivity index (χ4v) is 4.74. The molecular weight excluding hydrogens is 449 g/mol. The lowest BCUT2D eigenvalue weighted by molar-refractivity contribution is 0.372. The van der Waals surface area contributed by atoms with Gasteiger partial charge in [-0.1, -0.05) is 11.6 Å². The number of ether oxygens (including phenoxy) is 2. The summed E-state index contributed by atoms with van der Waals surface area (Å²) in [5, 5.41) is 15.2. The third-order valence-corrected chi connectivity index (χ3v) is 6.39. The maximum absolute atomic E-state index is 13.6. The van der Waals surface area contributed by atoms with E-state index in [0.29, 0.717) is 10.6 Å². The number of aromatic nitrogens is 5. The van der Waals surface area contributed by atoms with Crippen LogP contribution in [-0.4, -0.2) is 51.2 Å². The maximum Gasteiger partial charge on any atom is 0.322 e. The lowest BCUT2D eigenvalue weighted by Gasteiger charge is -2.39. The molecular formula is C22H25ClFN7O2. The van der Waals surface area contributed by atoms with Crippen molar-refractivity contribution < 1.29 is 20.7 Å². The molecule has 1 aliphatic carbocycles. The molecule has 0 amide bonds. The molecule has 9 nitrogen and oxygen atoms in total. The van der Waals surface area contributed by atoms with Gasteiger partial charge in [0.25, 0.3) is 0 Å². The van der Waals surface area contributed by atoms with E-state index in [0.717, 1.165) is 37.7 Å². The van der Waals surface area contributed by atoms with Crippen molar-refractivity contribution >= 4 is 23.2 Å². The smallest absolute Gasteiger partial charge is 0.322 e. The first kappa shape index (κ1) is 16.5. The molecule has 2 fully saturated rings. The van der Waals surface area contributed by atoms with E-state index in [1.807, 2.05) is 6.07 Å². The first-order valence-electron chi connectivity index (χ1n) is 12.9. The summed E-state index contributed by atoms with van der Waals surface area (Å²) in [6.07, 6.45) is 3.62. The lowest BCUT2D eigenvalue weighted by Crippen LogP contribution is -2.48. The van der Waals surface area contributed by atoms with Gasteiger partial charge in [-0.05, 0) is 43.7 Å². The zero-order valence-corrected chi connectivity index (χ0v) is 18.5. The Kier molecular flexibility index (Phi) is 4.50. The number of piperidine rings is 1. The molecule has 2 bridgehead atoms. The maximum atomic E-state index is 13.6. The van der Waals surface area contributed by atoms with Crippen LogP contribution in [0.25, 0.3) is 0 Å². The number of nitrogens with one attached hydrogen (secondary N) is 1. The van der Waals surface area contributed by atoms with Crippen molar-refractivity contribution in [2.24, 2.45) is 11.8 Å². The van der Waals surface area contributed by atoms with Gasteiger partial charge in [-0.25, -0.2) is 9.07 Å². The quantitative estimate of drug-likeness (QED) is 0.544. The first-order chi connectivity index (χ1) is 18.0. The minimum atomic E-state index is -3.07. The van der Waals surface area contributed by atoms with Gasteiger partial charge in [0, 0.05) is 41.9 Å². The molecule has 1 N–H and O–H groups in total. The molecule has 0 unspecified atom stereocenters. The highest BCUT2D eigenvalue weighted by Crippen LogP contribution is 2.40. The molecule has 1 saturated heterocycles. The molecule has 3 heterocycles. The monoisotopic (exact) mass is 478 g/mol. The number of nitrogens with zero attached hydrogens (tertiary/aromatic N) is 6. The van der Waals surface area contributed by atoms with Gasteiger partial charge >= 0.3 is 6.01 Å². The average Bonchev–Trinajstić information content (AvgIpc) is 3.36. The molecule has 0 radical (unpaired) electrons. The third kappa shape index (κ3) is 4.39. The normalized spacial score (nSPS) is 24.9. The highest BCUT2D eigenvalue weighted by atomic mass is 35.5. The van der Waals surface area contributed by atoms with Gasteiger partial charge in [0.2, 0.25) is 11.8 Å². The van der Waals surface area contributed by atoms with E-state index in [9.17, 15) is 4.39 Å². The van der Waals surface area contributed by atoms with Crippen LogP contribution in [0.2, 0.25) is 5.02 Å². The van der Waals surface area contributed by atoms with Crippen molar-refractivity contribution in [1.82, 2.24) is 25.0 Å². The van der Waals surface area contributed by atoms with Crippen molar-refractivity contribution in [3.05, 3.63) is 41.3 Å². The van der Waals surface area contributed by atoms with E-state index in [4.69, 9.17) is 27.9 Å². The Labute approximate surface area is 202 Å². The number of hydrogen-bond acceptors (Lipinski definition) is 8. The minimum Gasteiger partial charge on any atom is -0.480 e. The Morgan fingerprint density at radius 1 is 1.30 bits per heavy atom. The van der Waals surface area contributed by atoms with E-state index in [-0.39, 0.29) is 34.6 Å². The van der Waals surface area contributed by atoms with Crippen LogP contribution in [0.3, 0.4) is 0 Å². The molecule has 3 atom stereocenters. The summed E-state index contributed by atoms with van der Waals surface area (Å²) in [6.45, 7) is -4.54. The van der Waals surface area contributed by atoms with Gasteiger partial charge in [0.1, 0.15) is 11.6 Å². The SMILES string of the molecule is [2H]C([2H])([2H])C([2H])([2H])n1nc(N[C@H]2[C@@H]3CC[C@H]2CN(c2cnnc(OC)c2)C3)nc1Oc1ccc(F)c(Cl)c1. The number of benzene rings is 1. The summed E-state index contributed by atoms with van der Waals surface area (Å²) in [5.41, 5.74) is 0.911. The van der Waals surface area contributed by atoms with Gasteiger partial charge in [0.05, 0.1) is 26.8 Å². The number of anilines is 2. The predicted molar refractivity (Wildman–Crippen MR) is 122 cm³/mol. The molecule has 5 rings (SSSR count). The second-order valence-corrected chi connectivity index (χ2v) is 8.46. The van der Waals surface area contributed by atoms with Crippen LogP contribution in [0, 0.1) is 17.7 Å². The summed E-state index contributed by atoms with van der Waals surface area (Å²) >= 11 is 5.84. The highest BCUT2D eigenvalue weighted by molar-refractivity contribution is 6.30. The molecule has 2 aliphatic rings. The van der Waals surface area contributed by atoms with Gasteiger partial charge < -0.3 is 19.7 Å². The number of halogens is 2. The van der Waals surface area contributed by atoms with Crippen LogP contribution < -0.4 is 19.7 Å². The van der Waals surface area contributed by atoms with Crippen LogP contribution in [0.15, 0.2) is 30.5 Å². The fourth-order valence-electron chi connectivity index (χ4n) is 4.57. The van der Waals surface area contributed by atoms with Crippen molar-refractivity contribution in [2.45, 2.75) is 32.2 Å². The van der Waals surface area contributed by atoms with Gasteiger partial charge in [-0.2, -0.15) is 10.1 Å². The Bertz CT molecular complexity index is 1310. The molecule has 0 spiro atoms. The topological polar surface area (TPSA) is 90.2 Å². The third-order valence-electron chi connectivity index (χ3n) is 6.11. The Morgan fingerprint density at radius 3 is 2.85 bits per heavy atom. The van der Waals surface area contributed by atoms with E-state index in [1.54, 1.807) is 6.20 Å². The van der Waals surface area contributed by atoms with E-state index < -0.39 is 25.2 Å². The molecule has 1 aromatic carbocycles. The summed E-state index contributed by atoms with van der Waals surface area (Å²) in [7, 11) is 1.54. The van der Waals surface area contributed by atoms with Gasteiger partial charge in [-0.15, -0.1) is 10.2 Å². The Balaban J connectivity index is 1.39. The van der Waals surface area contributed by atoms with Crippen LogP contribution in [-0.2, 0) is 6.50 Å². The van der Waals surface area contributed by atoms with E-state index >= 15 is 0 Å². The molecule has 1 aliphatic heterocycles. The summed E-state index contributed by atoms with van der Waals surface area (Å²) < 4.78 is 64.5. The molecule has 3 aromatic rings.